The molecule has 0 amide bonds. The van der Waals surface area contributed by atoms with Crippen molar-refractivity contribution in [1.29, 1.82) is 0 Å². The van der Waals surface area contributed by atoms with Crippen LogP contribution in [0.2, 0.25) is 0 Å². The van der Waals surface area contributed by atoms with Crippen LogP contribution in [0.1, 0.15) is 6.42 Å². The average Bonchev–Trinajstić information content (AvgIpc) is 3.02. The van der Waals surface area contributed by atoms with Crippen molar-refractivity contribution in [3.05, 3.63) is 12.3 Å². The van der Waals surface area contributed by atoms with Crippen LogP contribution < -0.4 is 15.1 Å². The van der Waals surface area contributed by atoms with Crippen LogP contribution in [0.4, 0.5) is 11.8 Å². The predicted octanol–water partition coefficient (Wildman–Crippen LogP) is 0.111. The van der Waals surface area contributed by atoms with E-state index in [1.165, 1.54) is 6.42 Å². The Balaban J connectivity index is 1.74. The van der Waals surface area contributed by atoms with Crippen molar-refractivity contribution in [1.82, 2.24) is 15.3 Å². The van der Waals surface area contributed by atoms with Gasteiger partial charge in [-0.15, -0.1) is 0 Å². The van der Waals surface area contributed by atoms with Gasteiger partial charge in [-0.05, 0) is 19.0 Å². The smallest absolute Gasteiger partial charge is 0.227 e. The first-order valence-corrected chi connectivity index (χ1v) is 6.94. The third-order valence-corrected chi connectivity index (χ3v) is 3.87. The van der Waals surface area contributed by atoms with E-state index in [4.69, 9.17) is 9.72 Å². The van der Waals surface area contributed by atoms with Gasteiger partial charge in [-0.25, -0.2) is 4.98 Å². The molecule has 1 aromatic heterocycles. The average molecular weight is 263 g/mol. The molecule has 1 atom stereocenters. The molecule has 0 saturated carbocycles. The highest BCUT2D eigenvalue weighted by molar-refractivity contribution is 5.44. The van der Waals surface area contributed by atoms with Crippen LogP contribution in [0.3, 0.4) is 0 Å². The second-order valence-electron chi connectivity index (χ2n) is 5.07. The highest BCUT2D eigenvalue weighted by Crippen LogP contribution is 2.18. The van der Waals surface area contributed by atoms with Gasteiger partial charge in [-0.1, -0.05) is 0 Å². The van der Waals surface area contributed by atoms with E-state index in [9.17, 15) is 0 Å². The predicted molar refractivity (Wildman–Crippen MR) is 74.7 cm³/mol. The van der Waals surface area contributed by atoms with Crippen LogP contribution in [0.25, 0.3) is 0 Å². The van der Waals surface area contributed by atoms with Gasteiger partial charge < -0.3 is 19.9 Å². The summed E-state index contributed by atoms with van der Waals surface area (Å²) in [6, 6.07) is 2.52. The van der Waals surface area contributed by atoms with E-state index in [-0.39, 0.29) is 0 Å². The lowest BCUT2D eigenvalue weighted by Crippen LogP contribution is -2.38. The van der Waals surface area contributed by atoms with Crippen LogP contribution in [-0.4, -0.2) is 62.5 Å². The lowest BCUT2D eigenvalue weighted by atomic mass is 10.2. The number of anilines is 2. The summed E-state index contributed by atoms with van der Waals surface area (Å²) in [6.45, 7) is 5.39. The fourth-order valence-corrected chi connectivity index (χ4v) is 2.61. The van der Waals surface area contributed by atoms with E-state index in [1.54, 1.807) is 0 Å². The molecule has 1 aromatic rings. The van der Waals surface area contributed by atoms with E-state index in [2.05, 4.69) is 27.1 Å². The molecule has 1 unspecified atom stereocenters. The maximum absolute atomic E-state index is 5.36. The minimum Gasteiger partial charge on any atom is -0.378 e. The van der Waals surface area contributed by atoms with Crippen molar-refractivity contribution < 1.29 is 4.74 Å². The zero-order valence-electron chi connectivity index (χ0n) is 11.4. The van der Waals surface area contributed by atoms with E-state index in [0.29, 0.717) is 6.04 Å². The molecule has 6 nitrogen and oxygen atoms in total. The Labute approximate surface area is 113 Å². The van der Waals surface area contributed by atoms with Gasteiger partial charge in [-0.2, -0.15) is 4.98 Å². The molecular weight excluding hydrogens is 242 g/mol. The number of ether oxygens (including phenoxy) is 1. The molecule has 3 heterocycles. The SMILES string of the molecule is CN(c1ccnc(N2CCOCC2)n1)C1CCNC1. The van der Waals surface area contributed by atoms with Gasteiger partial charge in [0, 0.05) is 38.9 Å². The van der Waals surface area contributed by atoms with Crippen LogP contribution >= 0.6 is 0 Å². The van der Waals surface area contributed by atoms with Crippen molar-refractivity contribution >= 4 is 11.8 Å². The second-order valence-corrected chi connectivity index (χ2v) is 5.07. The number of aromatic nitrogens is 2. The minimum absolute atomic E-state index is 0.535. The largest absolute Gasteiger partial charge is 0.378 e. The number of hydrogen-bond donors (Lipinski definition) is 1. The van der Waals surface area contributed by atoms with Crippen molar-refractivity contribution in [2.75, 3.05) is 56.2 Å². The number of nitrogens with one attached hydrogen (secondary N) is 1. The molecule has 6 heteroatoms. The van der Waals surface area contributed by atoms with Gasteiger partial charge >= 0.3 is 0 Å². The van der Waals surface area contributed by atoms with Gasteiger partial charge in [0.25, 0.3) is 0 Å². The summed E-state index contributed by atoms with van der Waals surface area (Å²) < 4.78 is 5.36. The van der Waals surface area contributed by atoms with Gasteiger partial charge in [-0.3, -0.25) is 0 Å². The first kappa shape index (κ1) is 12.6. The molecule has 0 spiro atoms. The van der Waals surface area contributed by atoms with Crippen molar-refractivity contribution in [2.24, 2.45) is 0 Å². The second kappa shape index (κ2) is 5.71. The lowest BCUT2D eigenvalue weighted by molar-refractivity contribution is 0.122. The number of nitrogens with zero attached hydrogens (tertiary/aromatic N) is 4. The highest BCUT2D eigenvalue weighted by Gasteiger charge is 2.21. The Kier molecular flexibility index (Phi) is 3.79. The zero-order chi connectivity index (χ0) is 13.1. The molecule has 2 saturated heterocycles. The van der Waals surface area contributed by atoms with Gasteiger partial charge in [0.15, 0.2) is 0 Å². The first-order valence-electron chi connectivity index (χ1n) is 6.94. The molecule has 0 bridgehead atoms. The number of rotatable bonds is 3. The monoisotopic (exact) mass is 263 g/mol. The maximum atomic E-state index is 5.36. The maximum Gasteiger partial charge on any atom is 0.227 e. The number of morpholine rings is 1. The summed E-state index contributed by atoms with van der Waals surface area (Å²) in [7, 11) is 2.11. The normalized spacial score (nSPS) is 23.6. The fraction of sp³-hybridized carbons (Fsp3) is 0.692. The fourth-order valence-electron chi connectivity index (χ4n) is 2.61. The number of hydrogen-bond acceptors (Lipinski definition) is 6. The molecule has 2 aliphatic rings. The minimum atomic E-state index is 0.535. The quantitative estimate of drug-likeness (QED) is 0.835. The Hall–Kier alpha value is -1.40. The van der Waals surface area contributed by atoms with Crippen molar-refractivity contribution in [2.45, 2.75) is 12.5 Å². The van der Waals surface area contributed by atoms with E-state index in [1.807, 2.05) is 12.3 Å². The van der Waals surface area contributed by atoms with Gasteiger partial charge in [0.2, 0.25) is 5.95 Å². The molecule has 2 aliphatic heterocycles. The van der Waals surface area contributed by atoms with Crippen LogP contribution in [-0.2, 0) is 4.74 Å². The molecule has 1 N–H and O–H groups in total. The Morgan fingerprint density at radius 1 is 1.42 bits per heavy atom. The molecule has 19 heavy (non-hydrogen) atoms. The van der Waals surface area contributed by atoms with Crippen molar-refractivity contribution in [3.63, 3.8) is 0 Å². The van der Waals surface area contributed by atoms with Crippen LogP contribution in [0.5, 0.6) is 0 Å². The zero-order valence-corrected chi connectivity index (χ0v) is 11.4. The van der Waals surface area contributed by atoms with Crippen LogP contribution in [0.15, 0.2) is 12.3 Å². The summed E-state index contributed by atoms with van der Waals surface area (Å²) in [5, 5.41) is 3.39. The lowest BCUT2D eigenvalue weighted by Gasteiger charge is -2.29. The summed E-state index contributed by atoms with van der Waals surface area (Å²) in [5.74, 6) is 1.82. The Morgan fingerprint density at radius 2 is 2.26 bits per heavy atom. The molecule has 104 valence electrons. The highest BCUT2D eigenvalue weighted by atomic mass is 16.5. The molecule has 0 aromatic carbocycles. The van der Waals surface area contributed by atoms with Crippen molar-refractivity contribution in [3.8, 4) is 0 Å². The Bertz CT molecular complexity index is 415. The third-order valence-electron chi connectivity index (χ3n) is 3.87. The first-order chi connectivity index (χ1) is 9.34. The van der Waals surface area contributed by atoms with Gasteiger partial charge in [0.05, 0.1) is 13.2 Å². The molecule has 3 rings (SSSR count). The van der Waals surface area contributed by atoms with E-state index >= 15 is 0 Å². The topological polar surface area (TPSA) is 53.5 Å². The third kappa shape index (κ3) is 2.79. The molecule has 0 aliphatic carbocycles. The summed E-state index contributed by atoms with van der Waals surface area (Å²) in [5.41, 5.74) is 0. The Morgan fingerprint density at radius 3 is 3.00 bits per heavy atom. The molecular formula is C13H21N5O. The summed E-state index contributed by atoms with van der Waals surface area (Å²) in [4.78, 5) is 13.5. The van der Waals surface area contributed by atoms with Crippen LogP contribution in [0, 0.1) is 0 Å². The van der Waals surface area contributed by atoms with E-state index < -0.39 is 0 Å². The standard InChI is InChI=1S/C13H21N5O/c1-17(11-2-4-14-10-11)12-3-5-15-13(16-12)18-6-8-19-9-7-18/h3,5,11,14H,2,4,6-10H2,1H3. The summed E-state index contributed by atoms with van der Waals surface area (Å²) in [6.07, 6.45) is 3.03. The molecule has 0 radical (unpaired) electrons. The molecule has 2 fully saturated rings. The summed E-state index contributed by atoms with van der Waals surface area (Å²) >= 11 is 0. The van der Waals surface area contributed by atoms with Gasteiger partial charge in [0.1, 0.15) is 5.82 Å². The van der Waals surface area contributed by atoms with E-state index in [0.717, 1.165) is 51.2 Å². The number of likely N-dealkylation sites (N-methyl/N-ethyl adjacent to an activating group) is 1.